The second kappa shape index (κ2) is 6.80. The van der Waals surface area contributed by atoms with Crippen molar-refractivity contribution in [2.24, 2.45) is 5.14 Å². The van der Waals surface area contributed by atoms with Crippen molar-refractivity contribution < 1.29 is 8.42 Å². The molecule has 0 aliphatic heterocycles. The summed E-state index contributed by atoms with van der Waals surface area (Å²) < 4.78 is 23.1. The Labute approximate surface area is 153 Å². The molecule has 1 aliphatic rings. The molecule has 1 aliphatic carbocycles. The molecule has 0 radical (unpaired) electrons. The number of hydrogen-bond acceptors (Lipinski definition) is 3. The van der Waals surface area contributed by atoms with Crippen LogP contribution >= 0.6 is 11.6 Å². The van der Waals surface area contributed by atoms with E-state index in [2.05, 4.69) is 6.07 Å². The summed E-state index contributed by atoms with van der Waals surface area (Å²) in [6, 6.07) is 16.8. The van der Waals surface area contributed by atoms with Crippen molar-refractivity contribution >= 4 is 21.6 Å². The van der Waals surface area contributed by atoms with Crippen molar-refractivity contribution in [2.75, 3.05) is 0 Å². The van der Waals surface area contributed by atoms with Crippen LogP contribution in [0.4, 0.5) is 0 Å². The van der Waals surface area contributed by atoms with Gasteiger partial charge < -0.3 is 0 Å². The molecule has 1 fully saturated rings. The molecule has 1 saturated carbocycles. The third-order valence-corrected chi connectivity index (χ3v) is 6.23. The van der Waals surface area contributed by atoms with Crippen LogP contribution < -0.4 is 5.14 Å². The predicted octanol–water partition coefficient (Wildman–Crippen LogP) is 4.11. The van der Waals surface area contributed by atoms with Crippen LogP contribution in [0.15, 0.2) is 53.4 Å². The van der Waals surface area contributed by atoms with E-state index in [1.54, 1.807) is 18.2 Å². The highest BCUT2D eigenvalue weighted by atomic mass is 35.5. The Kier molecular flexibility index (Phi) is 4.88. The maximum atomic E-state index is 11.6. The van der Waals surface area contributed by atoms with E-state index in [0.717, 1.165) is 24.0 Å². The maximum absolute atomic E-state index is 11.6. The average Bonchev–Trinajstić information content (AvgIpc) is 2.61. The zero-order valence-electron chi connectivity index (χ0n) is 13.7. The zero-order valence-corrected chi connectivity index (χ0v) is 15.2. The minimum absolute atomic E-state index is 0.136. The van der Waals surface area contributed by atoms with Gasteiger partial charge in [0.05, 0.1) is 16.4 Å². The predicted molar refractivity (Wildman–Crippen MR) is 97.8 cm³/mol. The molecule has 0 heterocycles. The Morgan fingerprint density at radius 3 is 2.40 bits per heavy atom. The third-order valence-electron chi connectivity index (χ3n) is 5.09. The van der Waals surface area contributed by atoms with E-state index < -0.39 is 15.4 Å². The van der Waals surface area contributed by atoms with Crippen LogP contribution in [0.25, 0.3) is 0 Å². The van der Waals surface area contributed by atoms with Crippen LogP contribution in [0.2, 0.25) is 5.02 Å². The molecular weight excluding hydrogens is 356 g/mol. The largest absolute Gasteiger partial charge is 0.238 e. The molecule has 0 unspecified atom stereocenters. The van der Waals surface area contributed by atoms with Gasteiger partial charge in [-0.1, -0.05) is 35.9 Å². The fraction of sp³-hybridized carbons (Fsp3) is 0.316. The minimum Gasteiger partial charge on any atom is -0.225 e. The number of benzene rings is 2. The van der Waals surface area contributed by atoms with E-state index in [4.69, 9.17) is 16.7 Å². The molecule has 6 heteroatoms. The molecule has 2 N–H and O–H groups in total. The molecule has 0 saturated heterocycles. The number of nitrogens with zero attached hydrogens (tertiary/aromatic N) is 1. The molecule has 0 bridgehead atoms. The first-order chi connectivity index (χ1) is 11.8. The Hall–Kier alpha value is -1.87. The summed E-state index contributed by atoms with van der Waals surface area (Å²) in [5, 5.41) is 15.7. The monoisotopic (exact) mass is 374 g/mol. The molecule has 0 spiro atoms. The second-order valence-electron chi connectivity index (χ2n) is 6.60. The number of nitriles is 1. The van der Waals surface area contributed by atoms with E-state index in [-0.39, 0.29) is 10.8 Å². The van der Waals surface area contributed by atoms with E-state index in [0.29, 0.717) is 17.9 Å². The average molecular weight is 375 g/mol. The topological polar surface area (TPSA) is 83.9 Å². The van der Waals surface area contributed by atoms with Gasteiger partial charge in [-0.3, -0.25) is 0 Å². The van der Waals surface area contributed by atoms with Gasteiger partial charge in [0.1, 0.15) is 0 Å². The highest BCUT2D eigenvalue weighted by molar-refractivity contribution is 7.89. The van der Waals surface area contributed by atoms with Crippen LogP contribution in [0, 0.1) is 11.3 Å². The minimum atomic E-state index is -3.71. The standard InChI is InChI=1S/C19H19ClN2O2S/c20-17-5-2-4-16(12-17)19(13-21)9-7-14(8-10-19)15-3-1-6-18(11-15)25(22,23)24/h1-6,11-12,14H,7-10H2,(H2,22,23,24). The Morgan fingerprint density at radius 1 is 1.12 bits per heavy atom. The Morgan fingerprint density at radius 2 is 1.80 bits per heavy atom. The lowest BCUT2D eigenvalue weighted by Crippen LogP contribution is -2.29. The van der Waals surface area contributed by atoms with Crippen molar-refractivity contribution in [1.82, 2.24) is 0 Å². The summed E-state index contributed by atoms with van der Waals surface area (Å²) in [4.78, 5) is 0.136. The van der Waals surface area contributed by atoms with Gasteiger partial charge in [-0.05, 0) is 67.0 Å². The third kappa shape index (κ3) is 3.72. The number of halogens is 1. The fourth-order valence-corrected chi connectivity index (χ4v) is 4.40. The number of hydrogen-bond donors (Lipinski definition) is 1. The van der Waals surface area contributed by atoms with Crippen molar-refractivity contribution in [1.29, 1.82) is 5.26 Å². The van der Waals surface area contributed by atoms with Crippen molar-refractivity contribution in [3.63, 3.8) is 0 Å². The van der Waals surface area contributed by atoms with Crippen molar-refractivity contribution in [3.05, 3.63) is 64.7 Å². The van der Waals surface area contributed by atoms with E-state index in [9.17, 15) is 13.7 Å². The zero-order chi connectivity index (χ0) is 18.1. The van der Waals surface area contributed by atoms with Gasteiger partial charge in [0.2, 0.25) is 10.0 Å². The SMILES string of the molecule is N#CC1(c2cccc(Cl)c2)CCC(c2cccc(S(N)(=O)=O)c2)CC1. The maximum Gasteiger partial charge on any atom is 0.238 e. The van der Waals surface area contributed by atoms with Gasteiger partial charge in [-0.25, -0.2) is 13.6 Å². The first-order valence-electron chi connectivity index (χ1n) is 8.14. The lowest BCUT2D eigenvalue weighted by molar-refractivity contribution is 0.331. The number of sulfonamides is 1. The number of nitrogens with two attached hydrogens (primary N) is 1. The van der Waals surface area contributed by atoms with Crippen LogP contribution in [0.3, 0.4) is 0 Å². The summed E-state index contributed by atoms with van der Waals surface area (Å²) in [6.07, 6.45) is 3.06. The lowest BCUT2D eigenvalue weighted by Gasteiger charge is -2.35. The first kappa shape index (κ1) is 17.9. The molecule has 0 amide bonds. The molecule has 130 valence electrons. The highest BCUT2D eigenvalue weighted by Crippen LogP contribution is 2.45. The van der Waals surface area contributed by atoms with Crippen LogP contribution in [-0.2, 0) is 15.4 Å². The Bertz CT molecular complexity index is 926. The molecule has 2 aromatic carbocycles. The Balaban J connectivity index is 1.83. The van der Waals surface area contributed by atoms with Crippen LogP contribution in [0.5, 0.6) is 0 Å². The second-order valence-corrected chi connectivity index (χ2v) is 8.59. The molecule has 3 rings (SSSR count). The molecular formula is C19H19ClN2O2S. The van der Waals surface area contributed by atoms with Gasteiger partial charge in [0, 0.05) is 5.02 Å². The summed E-state index contributed by atoms with van der Waals surface area (Å²) >= 11 is 6.09. The van der Waals surface area contributed by atoms with Gasteiger partial charge >= 0.3 is 0 Å². The van der Waals surface area contributed by atoms with E-state index >= 15 is 0 Å². The number of primary sulfonamides is 1. The normalized spacial score (nSPS) is 23.8. The smallest absolute Gasteiger partial charge is 0.225 e. The summed E-state index contributed by atoms with van der Waals surface area (Å²) in [7, 11) is -3.71. The summed E-state index contributed by atoms with van der Waals surface area (Å²) in [6.45, 7) is 0. The lowest BCUT2D eigenvalue weighted by atomic mass is 9.66. The highest BCUT2D eigenvalue weighted by Gasteiger charge is 2.37. The van der Waals surface area contributed by atoms with Gasteiger partial charge in [0.15, 0.2) is 0 Å². The van der Waals surface area contributed by atoms with Crippen molar-refractivity contribution in [2.45, 2.75) is 41.9 Å². The number of rotatable bonds is 3. The molecule has 0 aromatic heterocycles. The fourth-order valence-electron chi connectivity index (χ4n) is 3.64. The van der Waals surface area contributed by atoms with E-state index in [1.807, 2.05) is 24.3 Å². The van der Waals surface area contributed by atoms with Crippen LogP contribution in [0.1, 0.15) is 42.7 Å². The molecule has 0 atom stereocenters. The van der Waals surface area contributed by atoms with Gasteiger partial charge in [-0.15, -0.1) is 0 Å². The molecule has 25 heavy (non-hydrogen) atoms. The van der Waals surface area contributed by atoms with Gasteiger partial charge in [-0.2, -0.15) is 5.26 Å². The van der Waals surface area contributed by atoms with Crippen molar-refractivity contribution in [3.8, 4) is 6.07 Å². The van der Waals surface area contributed by atoms with Crippen LogP contribution in [-0.4, -0.2) is 8.42 Å². The van der Waals surface area contributed by atoms with Gasteiger partial charge in [0.25, 0.3) is 0 Å². The summed E-state index contributed by atoms with van der Waals surface area (Å²) in [5.41, 5.74) is 1.39. The van der Waals surface area contributed by atoms with E-state index in [1.165, 1.54) is 6.07 Å². The molecule has 2 aromatic rings. The summed E-state index contributed by atoms with van der Waals surface area (Å²) in [5.74, 6) is 0.224. The first-order valence-corrected chi connectivity index (χ1v) is 10.1. The quantitative estimate of drug-likeness (QED) is 0.877. The molecule has 4 nitrogen and oxygen atoms in total.